The van der Waals surface area contributed by atoms with Gasteiger partial charge in [-0.25, -0.2) is 0 Å². The van der Waals surface area contributed by atoms with Crippen LogP contribution in [0, 0.1) is 28.6 Å². The smallest absolute Gasteiger partial charge is 0.486 e. The number of carbonyl (C=O) groups is 2. The summed E-state index contributed by atoms with van der Waals surface area (Å²) in [7, 11) is 0. The molecule has 4 fully saturated rings. The van der Waals surface area contributed by atoms with Crippen molar-refractivity contribution in [1.29, 1.82) is 0 Å². The molecule has 3 saturated carbocycles. The largest absolute Gasteiger partial charge is 0.573 e. The summed E-state index contributed by atoms with van der Waals surface area (Å²) in [5.74, 6) is -0.477. The molecule has 1 aliphatic heterocycles. The SMILES string of the molecule is CCCC1O[C@@H]2CC3C4CCC5=CC(=O)C=CC5(C)C4[C@@H](O)CC3(C)[C@]2(C(=O)COc2ccc(OC(F)(F)F)cc2)O1. The summed E-state index contributed by atoms with van der Waals surface area (Å²) in [4.78, 5) is 26.4. The number of halogens is 3. The summed E-state index contributed by atoms with van der Waals surface area (Å²) in [6.45, 7) is 5.79. The maximum atomic E-state index is 14.2. The van der Waals surface area contributed by atoms with Gasteiger partial charge in [-0.3, -0.25) is 9.59 Å². The van der Waals surface area contributed by atoms with E-state index in [1.807, 2.05) is 19.9 Å². The molecule has 0 spiro atoms. The van der Waals surface area contributed by atoms with Gasteiger partial charge >= 0.3 is 6.36 Å². The number of allylic oxidation sites excluding steroid dienone is 4. The number of fused-ring (bicyclic) bond motifs is 7. The fourth-order valence-corrected chi connectivity index (χ4v) is 9.00. The van der Waals surface area contributed by atoms with Crippen molar-refractivity contribution in [2.75, 3.05) is 6.61 Å². The van der Waals surface area contributed by atoms with Gasteiger partial charge in [-0.1, -0.05) is 38.8 Å². The second-order valence-electron chi connectivity index (χ2n) is 12.9. The minimum atomic E-state index is -4.81. The van der Waals surface area contributed by atoms with Gasteiger partial charge in [0.15, 0.2) is 17.7 Å². The third-order valence-electron chi connectivity index (χ3n) is 10.7. The second kappa shape index (κ2) is 10.2. The van der Waals surface area contributed by atoms with E-state index in [1.165, 1.54) is 12.1 Å². The number of aliphatic hydroxyl groups excluding tert-OH is 1. The summed E-state index contributed by atoms with van der Waals surface area (Å²) in [5.41, 5.74) is -1.46. The van der Waals surface area contributed by atoms with Crippen molar-refractivity contribution >= 4 is 11.6 Å². The highest BCUT2D eigenvalue weighted by Crippen LogP contribution is 2.69. The molecule has 1 aromatic rings. The van der Waals surface area contributed by atoms with E-state index in [9.17, 15) is 27.9 Å². The fraction of sp³-hybridized carbons (Fsp3) is 0.625. The zero-order valence-corrected chi connectivity index (χ0v) is 24.0. The Morgan fingerprint density at radius 2 is 1.88 bits per heavy atom. The van der Waals surface area contributed by atoms with E-state index in [0.717, 1.165) is 37.0 Å². The molecular formula is C32H37F3O7. The standard InChI is InChI=1S/C32H37F3O7/c1-4-5-27-40-26-15-23-22-11-6-18-14-19(36)12-13-29(18,2)28(22)24(37)16-30(23,3)31(26,42-27)25(38)17-39-20-7-9-21(10-8-20)41-32(33,34)35/h7-10,12-14,22-24,26-28,37H,4-6,11,15-17H2,1-3H3/t22?,23?,24-,26+,27?,28?,29?,30?,31+/m0/s1. The molecule has 1 aromatic carbocycles. The van der Waals surface area contributed by atoms with Gasteiger partial charge in [-0.2, -0.15) is 0 Å². The topological polar surface area (TPSA) is 91.3 Å². The minimum Gasteiger partial charge on any atom is -0.486 e. The molecule has 9 atom stereocenters. The molecule has 1 saturated heterocycles. The van der Waals surface area contributed by atoms with Crippen molar-refractivity contribution < 1.29 is 46.8 Å². The van der Waals surface area contributed by atoms with Crippen LogP contribution in [0.4, 0.5) is 13.2 Å². The van der Waals surface area contributed by atoms with Crippen LogP contribution in [-0.2, 0) is 19.1 Å². The van der Waals surface area contributed by atoms with Crippen LogP contribution in [0.25, 0.3) is 0 Å². The Balaban J connectivity index is 1.28. The number of aliphatic hydroxyl groups is 1. The maximum absolute atomic E-state index is 14.2. The average molecular weight is 591 g/mol. The molecule has 0 radical (unpaired) electrons. The van der Waals surface area contributed by atoms with Crippen molar-refractivity contribution in [3.63, 3.8) is 0 Å². The van der Waals surface area contributed by atoms with Gasteiger partial charge in [0.2, 0.25) is 5.78 Å². The van der Waals surface area contributed by atoms with E-state index < -0.39 is 41.3 Å². The van der Waals surface area contributed by atoms with Gasteiger partial charge in [0.1, 0.15) is 18.1 Å². The number of benzene rings is 1. The van der Waals surface area contributed by atoms with Crippen LogP contribution in [0.1, 0.15) is 59.3 Å². The highest BCUT2D eigenvalue weighted by Gasteiger charge is 2.75. The first-order chi connectivity index (χ1) is 19.8. The lowest BCUT2D eigenvalue weighted by Crippen LogP contribution is -2.63. The predicted molar refractivity (Wildman–Crippen MR) is 144 cm³/mol. The minimum absolute atomic E-state index is 0.0257. The van der Waals surface area contributed by atoms with E-state index >= 15 is 0 Å². The first-order valence-corrected chi connectivity index (χ1v) is 14.8. The Labute approximate surface area is 243 Å². The summed E-state index contributed by atoms with van der Waals surface area (Å²) in [6, 6.07) is 4.90. The Morgan fingerprint density at radius 3 is 2.57 bits per heavy atom. The quantitative estimate of drug-likeness (QED) is 0.436. The van der Waals surface area contributed by atoms with Gasteiger partial charge in [0, 0.05) is 16.7 Å². The molecule has 1 heterocycles. The number of carbonyl (C=O) groups excluding carboxylic acids is 2. The van der Waals surface area contributed by atoms with Crippen molar-refractivity contribution in [2.45, 2.75) is 89.8 Å². The van der Waals surface area contributed by atoms with Gasteiger partial charge < -0.3 is 24.1 Å². The Kier molecular flexibility index (Phi) is 7.14. The number of hydrogen-bond acceptors (Lipinski definition) is 7. The van der Waals surface area contributed by atoms with Crippen LogP contribution >= 0.6 is 0 Å². The van der Waals surface area contributed by atoms with E-state index in [4.69, 9.17) is 14.2 Å². The third-order valence-corrected chi connectivity index (χ3v) is 10.7. The highest BCUT2D eigenvalue weighted by atomic mass is 19.4. The molecule has 6 unspecified atom stereocenters. The lowest BCUT2D eigenvalue weighted by Gasteiger charge is -2.59. The first-order valence-electron chi connectivity index (χ1n) is 14.8. The first kappa shape index (κ1) is 29.4. The molecule has 7 nitrogen and oxygen atoms in total. The van der Waals surface area contributed by atoms with Crippen LogP contribution in [0.3, 0.4) is 0 Å². The van der Waals surface area contributed by atoms with Crippen LogP contribution in [0.2, 0.25) is 0 Å². The zero-order valence-electron chi connectivity index (χ0n) is 24.0. The van der Waals surface area contributed by atoms with Gasteiger partial charge in [0.05, 0.1) is 12.2 Å². The fourth-order valence-electron chi connectivity index (χ4n) is 9.00. The monoisotopic (exact) mass is 590 g/mol. The molecule has 0 amide bonds. The highest BCUT2D eigenvalue weighted by molar-refractivity contribution is 6.01. The molecule has 4 aliphatic carbocycles. The number of hydrogen-bond donors (Lipinski definition) is 1. The zero-order chi connectivity index (χ0) is 30.1. The average Bonchev–Trinajstić information content (AvgIpc) is 3.39. The molecular weight excluding hydrogens is 553 g/mol. The molecule has 1 N–H and O–H groups in total. The predicted octanol–water partition coefficient (Wildman–Crippen LogP) is 5.70. The maximum Gasteiger partial charge on any atom is 0.573 e. The molecule has 10 heteroatoms. The lowest BCUT2D eigenvalue weighted by atomic mass is 9.46. The van der Waals surface area contributed by atoms with E-state index in [2.05, 4.69) is 11.7 Å². The Bertz CT molecular complexity index is 1310. The normalized spacial score (nSPS) is 40.5. The number of rotatable bonds is 7. The second-order valence-corrected chi connectivity index (χ2v) is 12.9. The van der Waals surface area contributed by atoms with Crippen molar-refractivity contribution in [3.05, 3.63) is 48.1 Å². The number of ether oxygens (including phenoxy) is 4. The summed E-state index contributed by atoms with van der Waals surface area (Å²) < 4.78 is 60.3. The Morgan fingerprint density at radius 1 is 1.17 bits per heavy atom. The molecule has 0 aromatic heterocycles. The lowest BCUT2D eigenvalue weighted by molar-refractivity contribution is -0.274. The third kappa shape index (κ3) is 4.52. The van der Waals surface area contributed by atoms with E-state index in [1.54, 1.807) is 12.2 Å². The van der Waals surface area contributed by atoms with Crippen molar-refractivity contribution in [1.82, 2.24) is 0 Å². The van der Waals surface area contributed by atoms with Crippen molar-refractivity contribution in [3.8, 4) is 11.5 Å². The van der Waals surface area contributed by atoms with E-state index in [0.29, 0.717) is 19.3 Å². The van der Waals surface area contributed by atoms with Gasteiger partial charge in [0.25, 0.3) is 0 Å². The molecule has 0 bridgehead atoms. The number of Topliss-reactive ketones (excluding diaryl/α,β-unsaturated/α-hetero) is 1. The summed E-state index contributed by atoms with van der Waals surface area (Å²) in [6.07, 6.45) is 2.56. The molecule has 42 heavy (non-hydrogen) atoms. The number of ketones is 2. The molecule has 5 aliphatic rings. The summed E-state index contributed by atoms with van der Waals surface area (Å²) in [5, 5.41) is 11.8. The van der Waals surface area contributed by atoms with E-state index in [-0.39, 0.29) is 47.4 Å². The summed E-state index contributed by atoms with van der Waals surface area (Å²) >= 11 is 0. The molecule has 228 valence electrons. The van der Waals surface area contributed by atoms with Crippen LogP contribution in [-0.4, -0.2) is 53.7 Å². The Hall–Kier alpha value is -2.69. The molecule has 6 rings (SSSR count). The van der Waals surface area contributed by atoms with Gasteiger partial charge in [-0.05, 0) is 80.4 Å². The van der Waals surface area contributed by atoms with Crippen LogP contribution < -0.4 is 9.47 Å². The van der Waals surface area contributed by atoms with Crippen LogP contribution in [0.15, 0.2) is 48.1 Å². The van der Waals surface area contributed by atoms with Crippen LogP contribution in [0.5, 0.6) is 11.5 Å². The number of alkyl halides is 3. The van der Waals surface area contributed by atoms with Gasteiger partial charge in [-0.15, -0.1) is 13.2 Å². The van der Waals surface area contributed by atoms with Crippen molar-refractivity contribution in [2.24, 2.45) is 28.6 Å².